The van der Waals surface area contributed by atoms with E-state index in [0.717, 1.165) is 24.3 Å². The van der Waals surface area contributed by atoms with Crippen molar-refractivity contribution in [2.75, 3.05) is 0 Å². The molecule has 0 aliphatic carbocycles. The lowest BCUT2D eigenvalue weighted by Crippen LogP contribution is -2.24. The molecular formula is C23H3F6N7. The SMILES string of the molecule is N#CC(c1cc(C#N)c(C(F)(F)F)c(C(F)(F)F)c1C#N)=c1cc(C#N)c(=C(C#N)C#N)c(C#N)c1. The predicted molar refractivity (Wildman–Crippen MR) is 104 cm³/mol. The van der Waals surface area contributed by atoms with E-state index in [0.29, 0.717) is 0 Å². The molecule has 0 aliphatic heterocycles. The van der Waals surface area contributed by atoms with Crippen molar-refractivity contribution in [2.24, 2.45) is 0 Å². The van der Waals surface area contributed by atoms with Gasteiger partial charge in [0, 0.05) is 10.8 Å². The van der Waals surface area contributed by atoms with Crippen molar-refractivity contribution < 1.29 is 26.3 Å². The Hall–Kier alpha value is -5.81. The number of nitriles is 7. The largest absolute Gasteiger partial charge is 0.418 e. The van der Waals surface area contributed by atoms with E-state index in [-0.39, 0.29) is 6.07 Å². The first-order valence-electron chi connectivity index (χ1n) is 8.93. The second kappa shape index (κ2) is 9.59. The molecule has 0 saturated carbocycles. The van der Waals surface area contributed by atoms with Crippen LogP contribution in [0.1, 0.15) is 38.9 Å². The van der Waals surface area contributed by atoms with Crippen LogP contribution in [0.25, 0.3) is 11.1 Å². The first-order chi connectivity index (χ1) is 16.8. The lowest BCUT2D eigenvalue weighted by atomic mass is 9.87. The van der Waals surface area contributed by atoms with Crippen LogP contribution in [0.15, 0.2) is 18.2 Å². The first-order valence-corrected chi connectivity index (χ1v) is 8.93. The maximum atomic E-state index is 13.7. The number of halogens is 6. The fraction of sp³-hybridized carbons (Fsp3) is 0.0870. The molecule has 0 aliphatic rings. The molecule has 0 heterocycles. The summed E-state index contributed by atoms with van der Waals surface area (Å²) in [6.45, 7) is 0. The summed E-state index contributed by atoms with van der Waals surface area (Å²) in [5.41, 5.74) is -11.7. The highest BCUT2D eigenvalue weighted by molar-refractivity contribution is 5.83. The molecule has 2 aromatic rings. The molecule has 172 valence electrons. The van der Waals surface area contributed by atoms with Gasteiger partial charge in [0.05, 0.1) is 57.2 Å². The monoisotopic (exact) mass is 491 g/mol. The van der Waals surface area contributed by atoms with Crippen molar-refractivity contribution in [2.45, 2.75) is 12.4 Å². The molecule has 2 rings (SSSR count). The van der Waals surface area contributed by atoms with Gasteiger partial charge in [-0.15, -0.1) is 0 Å². The van der Waals surface area contributed by atoms with Gasteiger partial charge in [-0.3, -0.25) is 0 Å². The number of benzene rings is 2. The minimum absolute atomic E-state index is 0.281. The quantitative estimate of drug-likeness (QED) is 0.552. The van der Waals surface area contributed by atoms with E-state index in [2.05, 4.69) is 0 Å². The van der Waals surface area contributed by atoms with Gasteiger partial charge in [0.2, 0.25) is 0 Å². The van der Waals surface area contributed by atoms with Crippen LogP contribution in [-0.4, -0.2) is 0 Å². The van der Waals surface area contributed by atoms with E-state index >= 15 is 0 Å². The van der Waals surface area contributed by atoms with Crippen LogP contribution in [0.4, 0.5) is 26.3 Å². The van der Waals surface area contributed by atoms with E-state index in [4.69, 9.17) is 15.8 Å². The van der Waals surface area contributed by atoms with Gasteiger partial charge in [-0.25, -0.2) is 0 Å². The Labute approximate surface area is 197 Å². The Balaban J connectivity index is 3.37. The number of hydrogen-bond donors (Lipinski definition) is 0. The molecule has 0 N–H and O–H groups in total. The Bertz CT molecular complexity index is 1670. The summed E-state index contributed by atoms with van der Waals surface area (Å²) in [6, 6.07) is 11.4. The molecule has 0 aromatic heterocycles. The zero-order chi connectivity index (χ0) is 27.4. The lowest BCUT2D eigenvalue weighted by molar-refractivity contribution is -0.162. The highest BCUT2D eigenvalue weighted by Gasteiger charge is 2.48. The molecule has 36 heavy (non-hydrogen) atoms. The van der Waals surface area contributed by atoms with Gasteiger partial charge in [0.15, 0.2) is 0 Å². The third-order valence-electron chi connectivity index (χ3n) is 4.65. The van der Waals surface area contributed by atoms with Crippen molar-refractivity contribution in [3.63, 3.8) is 0 Å². The van der Waals surface area contributed by atoms with E-state index in [9.17, 15) is 47.4 Å². The molecule has 0 saturated heterocycles. The predicted octanol–water partition coefficient (Wildman–Crippen LogP) is 3.13. The van der Waals surface area contributed by atoms with Gasteiger partial charge >= 0.3 is 12.4 Å². The van der Waals surface area contributed by atoms with Gasteiger partial charge in [0.1, 0.15) is 29.8 Å². The van der Waals surface area contributed by atoms with Crippen LogP contribution in [0, 0.1) is 79.3 Å². The molecular weight excluding hydrogens is 488 g/mol. The summed E-state index contributed by atoms with van der Waals surface area (Å²) in [5.74, 6) is 0. The van der Waals surface area contributed by atoms with E-state index in [1.54, 1.807) is 12.1 Å². The highest BCUT2D eigenvalue weighted by atomic mass is 19.4. The fourth-order valence-corrected chi connectivity index (χ4v) is 3.31. The number of rotatable bonds is 1. The lowest BCUT2D eigenvalue weighted by Gasteiger charge is -2.20. The van der Waals surface area contributed by atoms with Crippen molar-refractivity contribution in [1.29, 1.82) is 36.8 Å². The van der Waals surface area contributed by atoms with Crippen molar-refractivity contribution in [3.8, 4) is 42.5 Å². The number of alkyl halides is 6. The van der Waals surface area contributed by atoms with Crippen LogP contribution < -0.4 is 10.4 Å². The van der Waals surface area contributed by atoms with Gasteiger partial charge < -0.3 is 0 Å². The zero-order valence-corrected chi connectivity index (χ0v) is 17.1. The molecule has 7 nitrogen and oxygen atoms in total. The smallest absolute Gasteiger partial charge is 0.192 e. The fourth-order valence-electron chi connectivity index (χ4n) is 3.31. The van der Waals surface area contributed by atoms with Crippen LogP contribution in [0.2, 0.25) is 0 Å². The molecule has 0 amide bonds. The molecule has 13 heteroatoms. The minimum Gasteiger partial charge on any atom is -0.192 e. The Morgan fingerprint density at radius 2 is 1.06 bits per heavy atom. The van der Waals surface area contributed by atoms with Crippen LogP contribution in [-0.2, 0) is 12.4 Å². The summed E-state index contributed by atoms with van der Waals surface area (Å²) >= 11 is 0. The molecule has 0 radical (unpaired) electrons. The zero-order valence-electron chi connectivity index (χ0n) is 17.1. The standard InChI is InChI=1S/C23H3F6N7/c24-22(25,26)20-14(6-32)3-16(18(10-36)21(20)23(27,28)29)17(9-35)11-1-12(4-30)19(13(2-11)5-31)15(7-33)8-34/h1-3H. The normalized spacial score (nSPS) is 10.3. The topological polar surface area (TPSA) is 167 Å². The average molecular weight is 491 g/mol. The second-order valence-corrected chi connectivity index (χ2v) is 6.57. The Morgan fingerprint density at radius 1 is 0.583 bits per heavy atom. The summed E-state index contributed by atoms with van der Waals surface area (Å²) in [5, 5.41) is 64.4. The summed E-state index contributed by atoms with van der Waals surface area (Å²) in [4.78, 5) is 0. The maximum Gasteiger partial charge on any atom is 0.418 e. The van der Waals surface area contributed by atoms with Crippen molar-refractivity contribution in [3.05, 3.63) is 67.6 Å². The average Bonchev–Trinajstić information content (AvgIpc) is 2.83. The summed E-state index contributed by atoms with van der Waals surface area (Å²) in [6.07, 6.45) is -11.5. The van der Waals surface area contributed by atoms with Crippen LogP contribution >= 0.6 is 0 Å². The summed E-state index contributed by atoms with van der Waals surface area (Å²) in [7, 11) is 0. The maximum absolute atomic E-state index is 13.7. The van der Waals surface area contributed by atoms with E-state index in [1.165, 1.54) is 18.2 Å². The minimum atomic E-state index is -5.78. The number of hydrogen-bond acceptors (Lipinski definition) is 7. The molecule has 0 spiro atoms. The second-order valence-electron chi connectivity index (χ2n) is 6.57. The Kier molecular flexibility index (Phi) is 7.04. The van der Waals surface area contributed by atoms with E-state index in [1.807, 2.05) is 0 Å². The van der Waals surface area contributed by atoms with E-state index < -0.39 is 72.9 Å². The molecule has 2 aromatic carbocycles. The summed E-state index contributed by atoms with van der Waals surface area (Å²) < 4.78 is 81.8. The van der Waals surface area contributed by atoms with Crippen LogP contribution in [0.5, 0.6) is 0 Å². The van der Waals surface area contributed by atoms with Crippen LogP contribution in [0.3, 0.4) is 0 Å². The van der Waals surface area contributed by atoms with Crippen molar-refractivity contribution in [1.82, 2.24) is 0 Å². The third-order valence-corrected chi connectivity index (χ3v) is 4.65. The van der Waals surface area contributed by atoms with Gasteiger partial charge in [0.25, 0.3) is 0 Å². The molecule has 0 unspecified atom stereocenters. The first kappa shape index (κ1) is 26.4. The van der Waals surface area contributed by atoms with Gasteiger partial charge in [-0.1, -0.05) is 0 Å². The number of nitrogens with zero attached hydrogens (tertiary/aromatic N) is 7. The molecule has 0 atom stereocenters. The van der Waals surface area contributed by atoms with Gasteiger partial charge in [-0.2, -0.15) is 63.2 Å². The van der Waals surface area contributed by atoms with Crippen molar-refractivity contribution >= 4 is 11.1 Å². The third kappa shape index (κ3) is 4.48. The van der Waals surface area contributed by atoms with Gasteiger partial charge in [-0.05, 0) is 23.4 Å². The Morgan fingerprint density at radius 3 is 1.39 bits per heavy atom. The highest BCUT2D eigenvalue weighted by Crippen LogP contribution is 2.45. The molecule has 0 fully saturated rings. The molecule has 0 bridgehead atoms.